The summed E-state index contributed by atoms with van der Waals surface area (Å²) in [5, 5.41) is 8.55. The van der Waals surface area contributed by atoms with Crippen molar-refractivity contribution in [1.82, 2.24) is 0 Å². The van der Waals surface area contributed by atoms with Crippen LogP contribution in [0.25, 0.3) is 0 Å². The Hall–Kier alpha value is 0.870. The summed E-state index contributed by atoms with van der Waals surface area (Å²) in [6.45, 7) is 2.12. The predicted octanol–water partition coefficient (Wildman–Crippen LogP) is 1.14. The van der Waals surface area contributed by atoms with Crippen molar-refractivity contribution in [2.24, 2.45) is 0 Å². The Balaban J connectivity index is -0.00000200. The van der Waals surface area contributed by atoms with Gasteiger partial charge in [-0.15, -0.1) is 0 Å². The molecule has 0 radical (unpaired) electrons. The second kappa shape index (κ2) is 18.2. The molecule has 0 atom stereocenters. The molecule has 0 heterocycles. The molecular formula is C16H35NaO4S. The fourth-order valence-corrected chi connectivity index (χ4v) is 3.01. The van der Waals surface area contributed by atoms with Crippen molar-refractivity contribution in [2.75, 3.05) is 19.0 Å². The Morgan fingerprint density at radius 2 is 1.23 bits per heavy atom. The van der Waals surface area contributed by atoms with E-state index in [-0.39, 0.29) is 50.0 Å². The first-order valence-electron chi connectivity index (χ1n) is 8.60. The normalized spacial score (nSPS) is 11.4. The Morgan fingerprint density at radius 1 is 0.818 bits per heavy atom. The first kappa shape index (κ1) is 25.1. The van der Waals surface area contributed by atoms with Gasteiger partial charge in [-0.1, -0.05) is 77.6 Å². The number of hydrogen-bond donors (Lipinski definition) is 1. The van der Waals surface area contributed by atoms with Crippen LogP contribution in [-0.4, -0.2) is 32.5 Å². The van der Waals surface area contributed by atoms with Crippen LogP contribution in [0.4, 0.5) is 0 Å². The monoisotopic (exact) mass is 346 g/mol. The molecule has 0 aliphatic heterocycles. The fraction of sp³-hybridized carbons (Fsp3) is 1.00. The van der Waals surface area contributed by atoms with Crippen molar-refractivity contribution in [3.8, 4) is 0 Å². The van der Waals surface area contributed by atoms with Gasteiger partial charge in [0.2, 0.25) is 0 Å². The quantitative estimate of drug-likeness (QED) is 0.259. The molecule has 4 nitrogen and oxygen atoms in total. The molecule has 0 spiro atoms. The fourth-order valence-electron chi connectivity index (χ4n) is 2.30. The van der Waals surface area contributed by atoms with Gasteiger partial charge in [0, 0.05) is 0 Å². The summed E-state index contributed by atoms with van der Waals surface area (Å²) in [6, 6.07) is 0. The summed E-state index contributed by atoms with van der Waals surface area (Å²) in [6.07, 6.45) is 15.0. The maximum Gasteiger partial charge on any atom is 1.00 e. The van der Waals surface area contributed by atoms with Crippen LogP contribution in [0.2, 0.25) is 0 Å². The molecule has 0 aliphatic rings. The third-order valence-corrected chi connectivity index (χ3v) is 4.81. The van der Waals surface area contributed by atoms with Crippen LogP contribution in [0.3, 0.4) is 0 Å². The van der Waals surface area contributed by atoms with Gasteiger partial charge in [-0.05, 0) is 6.42 Å². The molecule has 0 aromatic rings. The maximum absolute atomic E-state index is 11.1. The summed E-state index contributed by atoms with van der Waals surface area (Å²) in [5.74, 6) is -0.300. The Kier molecular flexibility index (Phi) is 20.8. The third kappa shape index (κ3) is 18.9. The smallest absolute Gasteiger partial charge is 1.00 e. The van der Waals surface area contributed by atoms with E-state index in [1.807, 2.05) is 0 Å². The molecule has 0 saturated heterocycles. The van der Waals surface area contributed by atoms with Crippen molar-refractivity contribution in [3.05, 3.63) is 0 Å². The van der Waals surface area contributed by atoms with Crippen LogP contribution < -0.4 is 29.6 Å². The molecule has 130 valence electrons. The molecule has 6 heteroatoms. The molecule has 0 aliphatic carbocycles. The predicted molar refractivity (Wildman–Crippen MR) is 89.0 cm³/mol. The Bertz CT molecular complexity index is 313. The average Bonchev–Trinajstić information content (AvgIpc) is 2.44. The van der Waals surface area contributed by atoms with Gasteiger partial charge in [0.25, 0.3) is 10.1 Å². The average molecular weight is 347 g/mol. The van der Waals surface area contributed by atoms with E-state index in [2.05, 4.69) is 6.92 Å². The van der Waals surface area contributed by atoms with E-state index in [0.29, 0.717) is 0 Å². The molecule has 1 N–H and O–H groups in total. The second-order valence-corrected chi connectivity index (χ2v) is 7.46. The van der Waals surface area contributed by atoms with Gasteiger partial charge >= 0.3 is 29.6 Å². The molecular weight excluding hydrogens is 311 g/mol. The van der Waals surface area contributed by atoms with Crippen LogP contribution in [0.5, 0.6) is 0 Å². The Morgan fingerprint density at radius 3 is 1.64 bits per heavy atom. The minimum atomic E-state index is -3.50. The topological polar surface area (TPSA) is 63.6 Å². The van der Waals surface area contributed by atoms with E-state index in [4.69, 9.17) is 9.29 Å². The summed E-state index contributed by atoms with van der Waals surface area (Å²) in [5.41, 5.74) is 0. The molecule has 0 aromatic carbocycles. The van der Waals surface area contributed by atoms with Gasteiger partial charge in [-0.2, -0.15) is 8.42 Å². The molecule has 0 unspecified atom stereocenters. The van der Waals surface area contributed by atoms with Crippen molar-refractivity contribution >= 4 is 10.1 Å². The Labute approximate surface area is 161 Å². The van der Waals surface area contributed by atoms with Crippen LogP contribution in [-0.2, 0) is 14.3 Å². The molecule has 22 heavy (non-hydrogen) atoms. The number of rotatable bonds is 16. The zero-order valence-corrected chi connectivity index (χ0v) is 17.5. The van der Waals surface area contributed by atoms with Crippen LogP contribution in [0.1, 0.15) is 85.4 Å². The van der Waals surface area contributed by atoms with Crippen molar-refractivity contribution in [1.29, 1.82) is 0 Å². The van der Waals surface area contributed by atoms with E-state index in [1.54, 1.807) is 0 Å². The van der Waals surface area contributed by atoms with Crippen LogP contribution in [0, 0.1) is 0 Å². The summed E-state index contributed by atoms with van der Waals surface area (Å²) in [7, 11) is -3.50. The minimum Gasteiger partial charge on any atom is -1.00 e. The van der Waals surface area contributed by atoms with Crippen molar-refractivity contribution in [3.63, 3.8) is 0 Å². The minimum absolute atomic E-state index is 0. The molecule has 0 fully saturated rings. The zero-order chi connectivity index (χ0) is 15.8. The van der Waals surface area contributed by atoms with Gasteiger partial charge in [-0.3, -0.25) is 4.18 Å². The molecule has 0 bridgehead atoms. The molecule has 0 amide bonds. The van der Waals surface area contributed by atoms with E-state index in [0.717, 1.165) is 19.3 Å². The van der Waals surface area contributed by atoms with Gasteiger partial charge in [-0.25, -0.2) is 0 Å². The van der Waals surface area contributed by atoms with Crippen LogP contribution >= 0.6 is 0 Å². The van der Waals surface area contributed by atoms with Gasteiger partial charge < -0.3 is 6.53 Å². The first-order valence-corrected chi connectivity index (χ1v) is 10.2. The van der Waals surface area contributed by atoms with E-state index in [1.165, 1.54) is 57.8 Å². The molecule has 0 aromatic heterocycles. The standard InChI is InChI=1S/C16H34O4S.Na.H/c1-2-3-4-5-6-7-8-9-10-11-12-13-15-20-21(18,19)16-14-17;;/h17H,2-16H2,1H3;;/q;+1;-1. The SMILES string of the molecule is CCCCCCCCCCCCCCOS(=O)(=O)CCO.[H-].[Na+]. The van der Waals surface area contributed by atoms with Gasteiger partial charge in [0.1, 0.15) is 0 Å². The van der Waals surface area contributed by atoms with E-state index in [9.17, 15) is 8.42 Å². The number of unbranched alkanes of at least 4 members (excludes halogenated alkanes) is 11. The van der Waals surface area contributed by atoms with Gasteiger partial charge in [0.05, 0.1) is 19.0 Å². The maximum atomic E-state index is 11.1. The van der Waals surface area contributed by atoms with Gasteiger partial charge in [0.15, 0.2) is 0 Å². The molecule has 0 saturated carbocycles. The largest absolute Gasteiger partial charge is 1.00 e. The zero-order valence-electron chi connectivity index (χ0n) is 15.7. The number of hydrogen-bond acceptors (Lipinski definition) is 4. The number of aliphatic hydroxyl groups is 1. The van der Waals surface area contributed by atoms with Crippen molar-refractivity contribution in [2.45, 2.75) is 84.0 Å². The van der Waals surface area contributed by atoms with E-state index < -0.39 is 10.1 Å². The summed E-state index contributed by atoms with van der Waals surface area (Å²) < 4.78 is 27.1. The summed E-state index contributed by atoms with van der Waals surface area (Å²) in [4.78, 5) is 0. The second-order valence-electron chi connectivity index (χ2n) is 5.70. The van der Waals surface area contributed by atoms with Crippen LogP contribution in [0.15, 0.2) is 0 Å². The van der Waals surface area contributed by atoms with E-state index >= 15 is 0 Å². The number of aliphatic hydroxyl groups excluding tert-OH is 1. The third-order valence-electron chi connectivity index (χ3n) is 3.60. The van der Waals surface area contributed by atoms with Crippen molar-refractivity contribution < 1.29 is 48.7 Å². The summed E-state index contributed by atoms with van der Waals surface area (Å²) >= 11 is 0. The first-order chi connectivity index (χ1) is 10.1. The molecule has 0 rings (SSSR count).